The highest BCUT2D eigenvalue weighted by Gasteiger charge is 2.34. The number of carbonyl (C=O) groups is 1. The summed E-state index contributed by atoms with van der Waals surface area (Å²) in [6.07, 6.45) is -2.02. The zero-order valence-corrected chi connectivity index (χ0v) is 25.3. The molecule has 232 valence electrons. The van der Waals surface area contributed by atoms with Crippen molar-refractivity contribution in [1.29, 1.82) is 0 Å². The second kappa shape index (κ2) is 13.2. The van der Waals surface area contributed by atoms with Crippen LogP contribution in [0.3, 0.4) is 0 Å². The fourth-order valence-electron chi connectivity index (χ4n) is 5.04. The normalized spacial score (nSPS) is 13.2. The molecule has 45 heavy (non-hydrogen) atoms. The van der Waals surface area contributed by atoms with Crippen LogP contribution in [0.5, 0.6) is 11.5 Å². The van der Waals surface area contributed by atoms with Crippen molar-refractivity contribution in [2.45, 2.75) is 45.5 Å². The van der Waals surface area contributed by atoms with E-state index in [1.165, 1.54) is 25.1 Å². The third-order valence-electron chi connectivity index (χ3n) is 7.37. The Morgan fingerprint density at radius 3 is 2.04 bits per heavy atom. The quantitative estimate of drug-likeness (QED) is 0.0824. The summed E-state index contributed by atoms with van der Waals surface area (Å²) >= 11 is 5.94. The summed E-state index contributed by atoms with van der Waals surface area (Å²) in [5.74, 6) is 0.570. The molecule has 1 heterocycles. The summed E-state index contributed by atoms with van der Waals surface area (Å²) in [5, 5.41) is 0.205. The number of carbonyl (C=O) groups excluding carboxylic acids is 1. The molecular weight excluding hydrogens is 606 g/mol. The Morgan fingerprint density at radius 1 is 0.778 bits per heavy atom. The Balaban J connectivity index is 1.31. The number of rotatable bonds is 11. The van der Waals surface area contributed by atoms with E-state index in [1.807, 2.05) is 65.2 Å². The average Bonchev–Trinajstić information content (AvgIpc) is 3.37. The van der Waals surface area contributed by atoms with Gasteiger partial charge in [-0.05, 0) is 96.2 Å². The minimum Gasteiger partial charge on any atom is -0.489 e. The third-order valence-corrected chi connectivity index (χ3v) is 7.56. The van der Waals surface area contributed by atoms with E-state index in [1.54, 1.807) is 25.1 Å². The molecule has 0 radical (unpaired) electrons. The molecule has 5 aromatic rings. The van der Waals surface area contributed by atoms with Gasteiger partial charge in [-0.3, -0.25) is 4.79 Å². The predicted molar refractivity (Wildman–Crippen MR) is 167 cm³/mol. The SMILES string of the molecule is C/C=C/C(C)(F)c1cc(OCc2ccc(Cn3c(C(=O)Cl)cc4cc(OCc5ccccc5)ccc43)cc2)cc(C(F)(F)F)c1. The molecule has 9 heteroatoms. The molecule has 0 saturated carbocycles. The van der Waals surface area contributed by atoms with Gasteiger partial charge in [0.05, 0.1) is 5.56 Å². The van der Waals surface area contributed by atoms with Crippen molar-refractivity contribution in [3.05, 3.63) is 143 Å². The van der Waals surface area contributed by atoms with Crippen LogP contribution in [0.1, 0.15) is 52.2 Å². The number of allylic oxidation sites excluding steroid dienone is 2. The summed E-state index contributed by atoms with van der Waals surface area (Å²) in [6, 6.07) is 27.3. The first-order valence-corrected chi connectivity index (χ1v) is 14.6. The first-order valence-electron chi connectivity index (χ1n) is 14.2. The number of aromatic nitrogens is 1. The predicted octanol–water partition coefficient (Wildman–Crippen LogP) is 10.0. The molecule has 0 aliphatic carbocycles. The number of halogens is 5. The van der Waals surface area contributed by atoms with Gasteiger partial charge >= 0.3 is 6.18 Å². The molecule has 0 aliphatic rings. The molecular formula is C36H30ClF4NO3. The van der Waals surface area contributed by atoms with Gasteiger partial charge in [-0.1, -0.05) is 60.7 Å². The Bertz CT molecular complexity index is 1830. The molecule has 0 amide bonds. The van der Waals surface area contributed by atoms with Crippen molar-refractivity contribution in [3.8, 4) is 11.5 Å². The minimum absolute atomic E-state index is 0.0305. The van der Waals surface area contributed by atoms with Crippen LogP contribution in [-0.2, 0) is 31.6 Å². The first kappa shape index (κ1) is 31.9. The van der Waals surface area contributed by atoms with E-state index in [0.717, 1.165) is 34.2 Å². The highest BCUT2D eigenvalue weighted by molar-refractivity contribution is 6.67. The molecule has 1 unspecified atom stereocenters. The zero-order valence-electron chi connectivity index (χ0n) is 24.6. The Labute approximate surface area is 263 Å². The second-order valence-corrected chi connectivity index (χ2v) is 11.2. The van der Waals surface area contributed by atoms with Gasteiger partial charge in [-0.25, -0.2) is 4.39 Å². The number of hydrogen-bond donors (Lipinski definition) is 0. The minimum atomic E-state index is -4.66. The molecule has 4 nitrogen and oxygen atoms in total. The van der Waals surface area contributed by atoms with Crippen LogP contribution in [0.15, 0.2) is 109 Å². The highest BCUT2D eigenvalue weighted by Crippen LogP contribution is 2.37. The monoisotopic (exact) mass is 635 g/mol. The van der Waals surface area contributed by atoms with Crippen molar-refractivity contribution in [2.75, 3.05) is 0 Å². The van der Waals surface area contributed by atoms with Gasteiger partial charge in [-0.2, -0.15) is 13.2 Å². The second-order valence-electron chi connectivity index (χ2n) is 10.8. The van der Waals surface area contributed by atoms with Crippen molar-refractivity contribution in [2.24, 2.45) is 0 Å². The first-order chi connectivity index (χ1) is 21.4. The van der Waals surface area contributed by atoms with Gasteiger partial charge in [0, 0.05) is 17.4 Å². The van der Waals surface area contributed by atoms with Gasteiger partial charge in [0.15, 0.2) is 5.67 Å². The van der Waals surface area contributed by atoms with Crippen molar-refractivity contribution in [3.63, 3.8) is 0 Å². The van der Waals surface area contributed by atoms with Crippen LogP contribution in [0, 0.1) is 0 Å². The number of fused-ring (bicyclic) bond motifs is 1. The van der Waals surface area contributed by atoms with Crippen LogP contribution >= 0.6 is 11.6 Å². The molecule has 1 atom stereocenters. The van der Waals surface area contributed by atoms with Crippen molar-refractivity contribution in [1.82, 2.24) is 4.57 Å². The van der Waals surface area contributed by atoms with Crippen molar-refractivity contribution < 1.29 is 31.8 Å². The molecule has 5 rings (SSSR count). The lowest BCUT2D eigenvalue weighted by Crippen LogP contribution is -2.15. The zero-order chi connectivity index (χ0) is 32.2. The molecule has 0 spiro atoms. The Kier molecular flexibility index (Phi) is 9.34. The van der Waals surface area contributed by atoms with Crippen LogP contribution < -0.4 is 9.47 Å². The number of nitrogens with zero attached hydrogens (tertiary/aromatic N) is 1. The summed E-state index contributed by atoms with van der Waals surface area (Å²) < 4.78 is 69.2. The maximum atomic E-state index is 15.1. The standard InChI is InChI=1S/C36H30ClF4NO3/c1-3-15-35(2,38)28-18-29(36(39,40)41)20-31(19-28)45-23-26-11-9-24(10-12-26)21-42-32-14-13-30(16-27(32)17-33(42)34(37)43)44-22-25-7-5-4-6-8-25/h3-20H,21-23H2,1-2H3/b15-3+. The van der Waals surface area contributed by atoms with Crippen molar-refractivity contribution >= 4 is 27.7 Å². The van der Waals surface area contributed by atoms with Gasteiger partial charge < -0.3 is 14.0 Å². The lowest BCUT2D eigenvalue weighted by Gasteiger charge is -2.20. The summed E-state index contributed by atoms with van der Waals surface area (Å²) in [6.45, 7) is 3.52. The maximum absolute atomic E-state index is 15.1. The topological polar surface area (TPSA) is 40.5 Å². The summed E-state index contributed by atoms with van der Waals surface area (Å²) in [4.78, 5) is 12.3. The molecule has 4 aromatic carbocycles. The molecule has 0 N–H and O–H groups in total. The van der Waals surface area contributed by atoms with E-state index in [2.05, 4.69) is 0 Å². The fourth-order valence-corrected chi connectivity index (χ4v) is 5.20. The molecule has 0 bridgehead atoms. The highest BCUT2D eigenvalue weighted by atomic mass is 35.5. The largest absolute Gasteiger partial charge is 0.489 e. The van der Waals surface area contributed by atoms with E-state index in [9.17, 15) is 18.0 Å². The number of hydrogen-bond acceptors (Lipinski definition) is 3. The lowest BCUT2D eigenvalue weighted by atomic mass is 9.95. The van der Waals surface area contributed by atoms with Crippen LogP contribution in [-0.4, -0.2) is 9.81 Å². The van der Waals surface area contributed by atoms with Crippen LogP contribution in [0.25, 0.3) is 10.9 Å². The van der Waals surface area contributed by atoms with E-state index >= 15 is 4.39 Å². The van der Waals surface area contributed by atoms with E-state index < -0.39 is 22.7 Å². The van der Waals surface area contributed by atoms with Crippen LogP contribution in [0.2, 0.25) is 0 Å². The number of alkyl halides is 4. The molecule has 1 aromatic heterocycles. The Hall–Kier alpha value is -4.56. The summed E-state index contributed by atoms with van der Waals surface area (Å²) in [7, 11) is 0. The van der Waals surface area contributed by atoms with E-state index in [-0.39, 0.29) is 17.9 Å². The van der Waals surface area contributed by atoms with Crippen LogP contribution in [0.4, 0.5) is 17.6 Å². The number of benzene rings is 4. The summed E-state index contributed by atoms with van der Waals surface area (Å²) in [5.41, 5.74) is 0.484. The molecule has 0 saturated heterocycles. The number of ether oxygens (including phenoxy) is 2. The van der Waals surface area contributed by atoms with E-state index in [4.69, 9.17) is 21.1 Å². The smallest absolute Gasteiger partial charge is 0.416 e. The van der Waals surface area contributed by atoms with Gasteiger partial charge in [0.25, 0.3) is 5.24 Å². The Morgan fingerprint density at radius 2 is 1.40 bits per heavy atom. The molecule has 0 aliphatic heterocycles. The van der Waals surface area contributed by atoms with Gasteiger partial charge in [0.2, 0.25) is 0 Å². The van der Waals surface area contributed by atoms with E-state index in [0.29, 0.717) is 30.2 Å². The lowest BCUT2D eigenvalue weighted by molar-refractivity contribution is -0.137. The maximum Gasteiger partial charge on any atom is 0.416 e. The third kappa shape index (κ3) is 7.75. The molecule has 0 fully saturated rings. The fraction of sp³-hybridized carbons (Fsp3) is 0.194. The van der Waals surface area contributed by atoms with Gasteiger partial charge in [-0.15, -0.1) is 0 Å². The van der Waals surface area contributed by atoms with Gasteiger partial charge in [0.1, 0.15) is 30.4 Å². The average molecular weight is 636 g/mol.